The van der Waals surface area contributed by atoms with Gasteiger partial charge in [-0.25, -0.2) is 0 Å². The Morgan fingerprint density at radius 3 is 2.32 bits per heavy atom. The van der Waals surface area contributed by atoms with Crippen LogP contribution in [0.25, 0.3) is 0 Å². The van der Waals surface area contributed by atoms with Gasteiger partial charge in [-0.1, -0.05) is 25.7 Å². The maximum Gasteiger partial charge on any atom is 0.253 e. The van der Waals surface area contributed by atoms with Crippen molar-refractivity contribution in [1.82, 2.24) is 4.90 Å². The molecular weight excluding hydrogens is 242 g/mol. The number of aromatic hydroxyl groups is 2. The van der Waals surface area contributed by atoms with Gasteiger partial charge in [-0.2, -0.15) is 0 Å². The molecule has 2 N–H and O–H groups in total. The molecule has 1 amide bonds. The average Bonchev–Trinajstić information content (AvgIpc) is 2.69. The van der Waals surface area contributed by atoms with E-state index in [1.807, 2.05) is 7.05 Å². The first-order chi connectivity index (χ1) is 9.09. The van der Waals surface area contributed by atoms with Crippen LogP contribution in [-0.2, 0) is 0 Å². The Kier molecular flexibility index (Phi) is 4.30. The molecule has 1 aromatic carbocycles. The van der Waals surface area contributed by atoms with Crippen LogP contribution in [0, 0.1) is 0 Å². The molecule has 1 saturated carbocycles. The van der Waals surface area contributed by atoms with Crippen LogP contribution in [0.4, 0.5) is 0 Å². The highest BCUT2D eigenvalue weighted by atomic mass is 16.3. The molecule has 0 spiro atoms. The smallest absolute Gasteiger partial charge is 0.253 e. The summed E-state index contributed by atoms with van der Waals surface area (Å²) in [5, 5.41) is 18.7. The maximum atomic E-state index is 12.4. The summed E-state index contributed by atoms with van der Waals surface area (Å²) in [5.41, 5.74) is 0.419. The maximum absolute atomic E-state index is 12.4. The Bertz CT molecular complexity index is 451. The first-order valence-electron chi connectivity index (χ1n) is 6.88. The van der Waals surface area contributed by atoms with Gasteiger partial charge in [0.2, 0.25) is 0 Å². The van der Waals surface area contributed by atoms with E-state index in [0.717, 1.165) is 12.8 Å². The van der Waals surface area contributed by atoms with Gasteiger partial charge in [0.1, 0.15) is 0 Å². The molecule has 2 rings (SSSR count). The summed E-state index contributed by atoms with van der Waals surface area (Å²) in [6.07, 6.45) is 6.93. The summed E-state index contributed by atoms with van der Waals surface area (Å²) in [5.74, 6) is -0.545. The zero-order chi connectivity index (χ0) is 13.8. The molecular formula is C15H21NO3. The van der Waals surface area contributed by atoms with E-state index in [2.05, 4.69) is 0 Å². The van der Waals surface area contributed by atoms with Gasteiger partial charge in [0.15, 0.2) is 11.5 Å². The SMILES string of the molecule is CN(C(=O)c1ccc(O)c(O)c1)C1CCCCCC1. The number of rotatable bonds is 2. The van der Waals surface area contributed by atoms with Crippen molar-refractivity contribution in [3.63, 3.8) is 0 Å². The second-order valence-corrected chi connectivity index (χ2v) is 5.26. The average molecular weight is 263 g/mol. The van der Waals surface area contributed by atoms with Crippen molar-refractivity contribution in [3.8, 4) is 11.5 Å². The van der Waals surface area contributed by atoms with Crippen LogP contribution in [0.3, 0.4) is 0 Å². The van der Waals surface area contributed by atoms with E-state index in [1.54, 1.807) is 11.0 Å². The third kappa shape index (κ3) is 3.19. The minimum atomic E-state index is -0.250. The number of nitrogens with zero attached hydrogens (tertiary/aromatic N) is 1. The van der Waals surface area contributed by atoms with Crippen LogP contribution in [0.15, 0.2) is 18.2 Å². The fourth-order valence-electron chi connectivity index (χ4n) is 2.67. The van der Waals surface area contributed by atoms with Gasteiger partial charge in [-0.15, -0.1) is 0 Å². The van der Waals surface area contributed by atoms with Gasteiger partial charge in [0.25, 0.3) is 5.91 Å². The topological polar surface area (TPSA) is 60.8 Å². The molecule has 4 nitrogen and oxygen atoms in total. The van der Waals surface area contributed by atoms with Crippen LogP contribution in [-0.4, -0.2) is 34.1 Å². The van der Waals surface area contributed by atoms with Crippen LogP contribution in [0.5, 0.6) is 11.5 Å². The molecule has 0 bridgehead atoms. The summed E-state index contributed by atoms with van der Waals surface area (Å²) in [4.78, 5) is 14.1. The highest BCUT2D eigenvalue weighted by Crippen LogP contribution is 2.27. The zero-order valence-corrected chi connectivity index (χ0v) is 11.3. The summed E-state index contributed by atoms with van der Waals surface area (Å²) in [6.45, 7) is 0. The van der Waals surface area contributed by atoms with Crippen molar-refractivity contribution in [2.75, 3.05) is 7.05 Å². The summed E-state index contributed by atoms with van der Waals surface area (Å²) >= 11 is 0. The normalized spacial score (nSPS) is 16.9. The minimum absolute atomic E-state index is 0.0952. The highest BCUT2D eigenvalue weighted by Gasteiger charge is 2.22. The predicted octanol–water partition coefficient (Wildman–Crippen LogP) is 2.89. The lowest BCUT2D eigenvalue weighted by Crippen LogP contribution is -2.36. The van der Waals surface area contributed by atoms with Gasteiger partial charge in [0, 0.05) is 18.7 Å². The Hall–Kier alpha value is -1.71. The number of carbonyl (C=O) groups is 1. The predicted molar refractivity (Wildman–Crippen MR) is 73.4 cm³/mol. The number of benzene rings is 1. The van der Waals surface area contributed by atoms with Gasteiger partial charge in [0.05, 0.1) is 0 Å². The molecule has 4 heteroatoms. The minimum Gasteiger partial charge on any atom is -0.504 e. The molecule has 1 aliphatic carbocycles. The lowest BCUT2D eigenvalue weighted by atomic mass is 10.1. The fourth-order valence-corrected chi connectivity index (χ4v) is 2.67. The van der Waals surface area contributed by atoms with Gasteiger partial charge in [-0.3, -0.25) is 4.79 Å². The molecule has 0 radical (unpaired) electrons. The quantitative estimate of drug-likeness (QED) is 0.637. The van der Waals surface area contributed by atoms with Crippen LogP contribution >= 0.6 is 0 Å². The van der Waals surface area contributed by atoms with E-state index in [4.69, 9.17) is 0 Å². The molecule has 0 saturated heterocycles. The van der Waals surface area contributed by atoms with Crippen molar-refractivity contribution in [2.45, 2.75) is 44.6 Å². The van der Waals surface area contributed by atoms with E-state index in [1.165, 1.54) is 37.8 Å². The lowest BCUT2D eigenvalue weighted by Gasteiger charge is -2.27. The second-order valence-electron chi connectivity index (χ2n) is 5.26. The highest BCUT2D eigenvalue weighted by molar-refractivity contribution is 5.94. The monoisotopic (exact) mass is 263 g/mol. The number of phenols is 2. The van der Waals surface area contributed by atoms with Crippen molar-refractivity contribution in [3.05, 3.63) is 23.8 Å². The Morgan fingerprint density at radius 2 is 1.74 bits per heavy atom. The van der Waals surface area contributed by atoms with Crippen molar-refractivity contribution < 1.29 is 15.0 Å². The summed E-state index contributed by atoms with van der Waals surface area (Å²) in [6, 6.07) is 4.50. The molecule has 1 aliphatic rings. The van der Waals surface area contributed by atoms with Crippen LogP contribution < -0.4 is 0 Å². The third-order valence-corrected chi connectivity index (χ3v) is 3.92. The number of hydrogen-bond acceptors (Lipinski definition) is 3. The summed E-state index contributed by atoms with van der Waals surface area (Å²) in [7, 11) is 1.82. The van der Waals surface area contributed by atoms with E-state index in [9.17, 15) is 15.0 Å². The molecule has 0 atom stereocenters. The third-order valence-electron chi connectivity index (χ3n) is 3.92. The van der Waals surface area contributed by atoms with Crippen molar-refractivity contribution in [1.29, 1.82) is 0 Å². The molecule has 1 fully saturated rings. The fraction of sp³-hybridized carbons (Fsp3) is 0.533. The van der Waals surface area contributed by atoms with E-state index < -0.39 is 0 Å². The Balaban J connectivity index is 2.10. The van der Waals surface area contributed by atoms with Crippen LogP contribution in [0.1, 0.15) is 48.9 Å². The molecule has 0 aliphatic heterocycles. The number of phenolic OH excluding ortho intramolecular Hbond substituents is 2. The molecule has 0 heterocycles. The van der Waals surface area contributed by atoms with E-state index >= 15 is 0 Å². The summed E-state index contributed by atoms with van der Waals surface area (Å²) < 4.78 is 0. The first-order valence-corrected chi connectivity index (χ1v) is 6.88. The number of hydrogen-bond donors (Lipinski definition) is 2. The molecule has 19 heavy (non-hydrogen) atoms. The molecule has 104 valence electrons. The molecule has 0 unspecified atom stereocenters. The van der Waals surface area contributed by atoms with Crippen molar-refractivity contribution >= 4 is 5.91 Å². The van der Waals surface area contributed by atoms with Crippen molar-refractivity contribution in [2.24, 2.45) is 0 Å². The lowest BCUT2D eigenvalue weighted by molar-refractivity contribution is 0.0717. The molecule has 0 aromatic heterocycles. The number of carbonyl (C=O) groups excluding carboxylic acids is 1. The number of amides is 1. The Labute approximate surface area is 113 Å². The van der Waals surface area contributed by atoms with Gasteiger partial charge >= 0.3 is 0 Å². The second kappa shape index (κ2) is 5.95. The standard InChI is InChI=1S/C15H21NO3/c1-16(12-6-4-2-3-5-7-12)15(19)11-8-9-13(17)14(18)10-11/h8-10,12,17-18H,2-7H2,1H3. The van der Waals surface area contributed by atoms with E-state index in [0.29, 0.717) is 5.56 Å². The van der Waals surface area contributed by atoms with Gasteiger partial charge < -0.3 is 15.1 Å². The first kappa shape index (κ1) is 13.7. The Morgan fingerprint density at radius 1 is 1.11 bits per heavy atom. The largest absolute Gasteiger partial charge is 0.504 e. The molecule has 1 aromatic rings. The van der Waals surface area contributed by atoms with Gasteiger partial charge in [-0.05, 0) is 31.0 Å². The van der Waals surface area contributed by atoms with Crippen LogP contribution in [0.2, 0.25) is 0 Å². The van der Waals surface area contributed by atoms with E-state index in [-0.39, 0.29) is 23.4 Å². The zero-order valence-electron chi connectivity index (χ0n) is 11.3.